The molecule has 3 N–H and O–H groups in total. The number of urea groups is 1. The summed E-state index contributed by atoms with van der Waals surface area (Å²) in [5.74, 6) is 0.515. The third-order valence-corrected chi connectivity index (χ3v) is 4.28. The summed E-state index contributed by atoms with van der Waals surface area (Å²) >= 11 is 0. The Kier molecular flexibility index (Phi) is 3.55. The molecule has 6 heteroatoms. The number of Topliss-reactive ketones (excluding diaryl/α,β-unsaturated/α-hetero) is 1. The van der Waals surface area contributed by atoms with E-state index in [4.69, 9.17) is 4.74 Å². The number of methoxy groups -OCH3 is 1. The molecule has 122 valence electrons. The molecule has 0 saturated carbocycles. The van der Waals surface area contributed by atoms with Gasteiger partial charge in [-0.05, 0) is 24.0 Å². The molecule has 0 aromatic heterocycles. The zero-order valence-electron chi connectivity index (χ0n) is 13.4. The average Bonchev–Trinajstić information content (AvgIpc) is 2.44. The van der Waals surface area contributed by atoms with Gasteiger partial charge in [0.15, 0.2) is 5.78 Å². The van der Waals surface area contributed by atoms with Gasteiger partial charge in [0.1, 0.15) is 11.5 Å². The number of amides is 2. The molecule has 0 radical (unpaired) electrons. The fourth-order valence-corrected chi connectivity index (χ4v) is 3.33. The molecule has 0 saturated heterocycles. The summed E-state index contributed by atoms with van der Waals surface area (Å²) in [7, 11) is 1.49. The number of aromatic hydroxyl groups is 1. The van der Waals surface area contributed by atoms with E-state index in [2.05, 4.69) is 10.6 Å². The van der Waals surface area contributed by atoms with Crippen LogP contribution in [-0.4, -0.2) is 24.0 Å². The van der Waals surface area contributed by atoms with Gasteiger partial charge in [0.25, 0.3) is 0 Å². The summed E-state index contributed by atoms with van der Waals surface area (Å²) in [4.78, 5) is 24.7. The first-order valence-corrected chi connectivity index (χ1v) is 7.51. The van der Waals surface area contributed by atoms with Gasteiger partial charge in [0, 0.05) is 29.3 Å². The third kappa shape index (κ3) is 2.76. The number of rotatable bonds is 2. The van der Waals surface area contributed by atoms with E-state index in [1.165, 1.54) is 19.2 Å². The second-order valence-corrected chi connectivity index (χ2v) is 6.79. The van der Waals surface area contributed by atoms with Gasteiger partial charge in [0.2, 0.25) is 0 Å². The van der Waals surface area contributed by atoms with Crippen LogP contribution in [0.3, 0.4) is 0 Å². The number of ether oxygens (including phenoxy) is 1. The summed E-state index contributed by atoms with van der Waals surface area (Å²) in [6.07, 6.45) is 1.07. The van der Waals surface area contributed by atoms with E-state index in [-0.39, 0.29) is 23.0 Å². The van der Waals surface area contributed by atoms with Crippen molar-refractivity contribution in [2.45, 2.75) is 32.7 Å². The number of hydrogen-bond donors (Lipinski definition) is 3. The van der Waals surface area contributed by atoms with Crippen LogP contribution < -0.4 is 15.4 Å². The minimum atomic E-state index is -0.571. The van der Waals surface area contributed by atoms with Gasteiger partial charge in [-0.2, -0.15) is 0 Å². The molecule has 1 atom stereocenters. The Labute approximate surface area is 134 Å². The lowest BCUT2D eigenvalue weighted by Gasteiger charge is -2.38. The number of benzene rings is 1. The Morgan fingerprint density at radius 3 is 2.70 bits per heavy atom. The molecule has 0 spiro atoms. The minimum Gasteiger partial charge on any atom is -0.508 e. The molecular formula is C17H20N2O4. The molecular weight excluding hydrogens is 296 g/mol. The number of allylic oxidation sites excluding steroid dienone is 1. The molecule has 23 heavy (non-hydrogen) atoms. The van der Waals surface area contributed by atoms with Crippen LogP contribution in [-0.2, 0) is 4.79 Å². The molecule has 1 aromatic carbocycles. The molecule has 6 nitrogen and oxygen atoms in total. The van der Waals surface area contributed by atoms with E-state index in [1.807, 2.05) is 13.8 Å². The molecule has 0 unspecified atom stereocenters. The van der Waals surface area contributed by atoms with Crippen molar-refractivity contribution >= 4 is 11.8 Å². The van der Waals surface area contributed by atoms with Gasteiger partial charge in [-0.1, -0.05) is 13.8 Å². The number of phenolic OH excluding ortho intramolecular Hbond substituents is 1. The highest BCUT2D eigenvalue weighted by Gasteiger charge is 2.41. The largest absolute Gasteiger partial charge is 0.508 e. The van der Waals surface area contributed by atoms with Crippen LogP contribution in [0.1, 0.15) is 38.3 Å². The fraction of sp³-hybridized carbons (Fsp3) is 0.412. The number of carbonyl (C=O) groups is 2. The second kappa shape index (κ2) is 5.30. The first kappa shape index (κ1) is 15.4. The van der Waals surface area contributed by atoms with Crippen LogP contribution in [0.15, 0.2) is 29.5 Å². The minimum absolute atomic E-state index is 0.0175. The van der Waals surface area contributed by atoms with Crippen molar-refractivity contribution in [2.75, 3.05) is 7.11 Å². The van der Waals surface area contributed by atoms with Crippen molar-refractivity contribution in [2.24, 2.45) is 5.41 Å². The first-order chi connectivity index (χ1) is 10.8. The van der Waals surface area contributed by atoms with E-state index in [0.717, 1.165) is 0 Å². The van der Waals surface area contributed by atoms with Crippen LogP contribution in [0.25, 0.3) is 0 Å². The maximum atomic E-state index is 12.7. The molecule has 2 aliphatic rings. The number of carbonyl (C=O) groups excluding carboxylic acids is 2. The van der Waals surface area contributed by atoms with Crippen molar-refractivity contribution in [3.8, 4) is 11.5 Å². The van der Waals surface area contributed by atoms with Gasteiger partial charge < -0.3 is 20.5 Å². The molecule has 1 aliphatic heterocycles. The summed E-state index contributed by atoms with van der Waals surface area (Å²) in [6.45, 7) is 4.03. The Morgan fingerprint density at radius 2 is 2.00 bits per heavy atom. The first-order valence-electron chi connectivity index (χ1n) is 7.51. The van der Waals surface area contributed by atoms with Gasteiger partial charge in [-0.15, -0.1) is 0 Å². The topological polar surface area (TPSA) is 87.7 Å². The summed E-state index contributed by atoms with van der Waals surface area (Å²) < 4.78 is 5.30. The molecule has 0 fully saturated rings. The summed E-state index contributed by atoms with van der Waals surface area (Å²) in [6, 6.07) is 3.75. The molecule has 1 heterocycles. The van der Waals surface area contributed by atoms with Gasteiger partial charge in [0.05, 0.1) is 13.2 Å². The monoisotopic (exact) mass is 316 g/mol. The van der Waals surface area contributed by atoms with Crippen molar-refractivity contribution in [1.29, 1.82) is 0 Å². The molecule has 1 aliphatic carbocycles. The van der Waals surface area contributed by atoms with Gasteiger partial charge in [-0.3, -0.25) is 4.79 Å². The zero-order chi connectivity index (χ0) is 16.8. The Bertz CT molecular complexity index is 721. The van der Waals surface area contributed by atoms with Crippen molar-refractivity contribution in [1.82, 2.24) is 10.6 Å². The van der Waals surface area contributed by atoms with Crippen LogP contribution in [0.4, 0.5) is 4.79 Å². The Morgan fingerprint density at radius 1 is 1.26 bits per heavy atom. The third-order valence-electron chi connectivity index (χ3n) is 4.28. The lowest BCUT2D eigenvalue weighted by atomic mass is 9.73. The van der Waals surface area contributed by atoms with E-state index in [9.17, 15) is 14.7 Å². The maximum Gasteiger partial charge on any atom is 0.319 e. The van der Waals surface area contributed by atoms with E-state index >= 15 is 0 Å². The highest BCUT2D eigenvalue weighted by molar-refractivity contribution is 6.01. The lowest BCUT2D eigenvalue weighted by molar-refractivity contribution is -0.118. The fourth-order valence-electron chi connectivity index (χ4n) is 3.33. The van der Waals surface area contributed by atoms with Crippen LogP contribution in [0.5, 0.6) is 11.5 Å². The van der Waals surface area contributed by atoms with E-state index in [0.29, 0.717) is 35.4 Å². The number of phenols is 1. The van der Waals surface area contributed by atoms with E-state index < -0.39 is 6.04 Å². The quantitative estimate of drug-likeness (QED) is 0.782. The van der Waals surface area contributed by atoms with Crippen LogP contribution >= 0.6 is 0 Å². The Hall–Kier alpha value is -2.50. The van der Waals surface area contributed by atoms with Crippen LogP contribution in [0, 0.1) is 5.41 Å². The van der Waals surface area contributed by atoms with Crippen LogP contribution in [0.2, 0.25) is 0 Å². The SMILES string of the molecule is COc1cc(O)ccc1[C@@H]1NC(=O)NC2=C1C(=O)CC(C)(C)C2. The predicted molar refractivity (Wildman–Crippen MR) is 84.1 cm³/mol. The van der Waals surface area contributed by atoms with Crippen molar-refractivity contribution < 1.29 is 19.4 Å². The molecule has 2 amide bonds. The van der Waals surface area contributed by atoms with Crippen molar-refractivity contribution in [3.05, 3.63) is 35.0 Å². The molecule has 3 rings (SSSR count). The number of ketones is 1. The van der Waals surface area contributed by atoms with Crippen molar-refractivity contribution in [3.63, 3.8) is 0 Å². The maximum absolute atomic E-state index is 12.7. The summed E-state index contributed by atoms with van der Waals surface area (Å²) in [5.41, 5.74) is 1.73. The number of nitrogens with one attached hydrogen (secondary N) is 2. The van der Waals surface area contributed by atoms with Gasteiger partial charge >= 0.3 is 6.03 Å². The average molecular weight is 316 g/mol. The normalized spacial score (nSPS) is 23.0. The lowest BCUT2D eigenvalue weighted by Crippen LogP contribution is -2.48. The van der Waals surface area contributed by atoms with E-state index in [1.54, 1.807) is 6.07 Å². The van der Waals surface area contributed by atoms with Gasteiger partial charge in [-0.25, -0.2) is 4.79 Å². The second-order valence-electron chi connectivity index (χ2n) is 6.79. The Balaban J connectivity index is 2.12. The summed E-state index contributed by atoms with van der Waals surface area (Å²) in [5, 5.41) is 15.2. The zero-order valence-corrected chi connectivity index (χ0v) is 13.4. The predicted octanol–water partition coefficient (Wildman–Crippen LogP) is 2.40. The standard InChI is InChI=1S/C17H20N2O4/c1-17(2)7-11-14(12(21)8-17)15(19-16(22)18-11)10-5-4-9(20)6-13(10)23-3/h4-6,15,20H,7-8H2,1-3H3,(H2,18,19,22)/t15-/m0/s1. The highest BCUT2D eigenvalue weighted by atomic mass is 16.5. The molecule has 0 bridgehead atoms. The smallest absolute Gasteiger partial charge is 0.319 e. The molecule has 1 aromatic rings. The number of hydrogen-bond acceptors (Lipinski definition) is 4. The highest BCUT2D eigenvalue weighted by Crippen LogP contribution is 2.43.